The number of ether oxygens (including phenoxy) is 4. The van der Waals surface area contributed by atoms with Gasteiger partial charge >= 0.3 is 11.9 Å². The van der Waals surface area contributed by atoms with Gasteiger partial charge in [-0.05, 0) is 64.2 Å². The molecule has 0 aromatic heterocycles. The monoisotopic (exact) mass is 1160 g/mol. The molecular weight excluding hydrogens is 1030 g/mol. The third-order valence-corrected chi connectivity index (χ3v) is 15.5. The highest BCUT2D eigenvalue weighted by Gasteiger charge is 2.22. The molecule has 2 atom stereocenters. The van der Waals surface area contributed by atoms with E-state index in [0.29, 0.717) is 23.9 Å². The molecule has 0 saturated carbocycles. The van der Waals surface area contributed by atoms with Crippen molar-refractivity contribution in [2.45, 2.75) is 334 Å². The van der Waals surface area contributed by atoms with Crippen molar-refractivity contribution in [3.63, 3.8) is 0 Å². The Morgan fingerprint density at radius 1 is 0.373 bits per heavy atom. The number of hydrogen-bond acceptors (Lipinski definition) is 8. The summed E-state index contributed by atoms with van der Waals surface area (Å²) in [6, 6.07) is 0. The van der Waals surface area contributed by atoms with E-state index in [1.54, 1.807) is 0 Å². The van der Waals surface area contributed by atoms with Gasteiger partial charge in [-0.3, -0.25) is 9.59 Å². The number of likely N-dealkylation sites (N-methyl/N-ethyl adjacent to an activating group) is 1. The fraction of sp³-hybridized carbons (Fsp3) is 0.797. The summed E-state index contributed by atoms with van der Waals surface area (Å²) in [5.74, 6) is -2.27. The van der Waals surface area contributed by atoms with Gasteiger partial charge in [0, 0.05) is 12.8 Å². The van der Waals surface area contributed by atoms with Crippen LogP contribution in [0.1, 0.15) is 322 Å². The van der Waals surface area contributed by atoms with Crippen LogP contribution in [-0.4, -0.2) is 82.3 Å². The van der Waals surface area contributed by atoms with Crippen LogP contribution >= 0.6 is 0 Å². The summed E-state index contributed by atoms with van der Waals surface area (Å²) in [6.45, 7) is 4.68. The molecule has 0 spiro atoms. The summed E-state index contributed by atoms with van der Waals surface area (Å²) in [6.07, 6.45) is 82.7. The molecule has 2 unspecified atom stereocenters. The molecule has 0 aliphatic rings. The van der Waals surface area contributed by atoms with E-state index in [1.807, 2.05) is 21.1 Å². The predicted octanol–water partition coefficient (Wildman–Crippen LogP) is 20.4. The smallest absolute Gasteiger partial charge is 0.306 e. The molecule has 0 bridgehead atoms. The van der Waals surface area contributed by atoms with Crippen LogP contribution in [0.2, 0.25) is 0 Å². The van der Waals surface area contributed by atoms with E-state index in [2.05, 4.69) is 86.8 Å². The summed E-state index contributed by atoms with van der Waals surface area (Å²) in [5.41, 5.74) is 0. The Bertz CT molecular complexity index is 1590. The van der Waals surface area contributed by atoms with Crippen molar-refractivity contribution in [2.24, 2.45) is 0 Å². The SMILES string of the molecule is CC/C=C\C/C=C\C/C=C\C/C=C\C/C=C\C/C=C\CCCCCCCCCCCCCCC(=O)OC(COC(=O)CCCCCCCCCCCCCCCCCCCCCCCCCCCCC)COC(OCC[N+](C)(C)C)C(=O)[O-]. The minimum atomic E-state index is -1.62. The second kappa shape index (κ2) is 64.7. The molecule has 0 aliphatic carbocycles. The fourth-order valence-electron chi connectivity index (χ4n) is 10.1. The number of nitrogens with zero attached hydrogens (tertiary/aromatic N) is 1. The molecule has 0 N–H and O–H groups in total. The molecule has 9 heteroatoms. The number of quaternary nitrogens is 1. The molecule has 9 nitrogen and oxygen atoms in total. The normalized spacial score (nSPS) is 13.1. The fourth-order valence-corrected chi connectivity index (χ4v) is 10.1. The second-order valence-corrected chi connectivity index (χ2v) is 24.8. The molecule has 0 fully saturated rings. The minimum absolute atomic E-state index is 0.147. The third kappa shape index (κ3) is 66.1. The Morgan fingerprint density at radius 3 is 1.02 bits per heavy atom. The molecule has 0 aromatic rings. The van der Waals surface area contributed by atoms with E-state index < -0.39 is 24.3 Å². The summed E-state index contributed by atoms with van der Waals surface area (Å²) in [7, 11) is 5.94. The predicted molar refractivity (Wildman–Crippen MR) is 352 cm³/mol. The lowest BCUT2D eigenvalue weighted by Crippen LogP contribution is -2.44. The molecule has 0 amide bonds. The number of carboxylic acid groups (broad SMARTS) is 1. The maximum Gasteiger partial charge on any atom is 0.306 e. The number of unbranched alkanes of at least 4 members (excludes halogenated alkanes) is 38. The average Bonchev–Trinajstić information content (AvgIpc) is 3.46. The summed E-state index contributed by atoms with van der Waals surface area (Å²) < 4.78 is 22.8. The van der Waals surface area contributed by atoms with Gasteiger partial charge in [-0.1, -0.05) is 318 Å². The lowest BCUT2D eigenvalue weighted by molar-refractivity contribution is -0.870. The van der Waals surface area contributed by atoms with Crippen molar-refractivity contribution in [3.8, 4) is 0 Å². The Balaban J connectivity index is 4.11. The molecule has 0 rings (SSSR count). The van der Waals surface area contributed by atoms with E-state index in [0.717, 1.165) is 77.0 Å². The molecular formula is C74H133NO8. The minimum Gasteiger partial charge on any atom is -0.545 e. The number of hydrogen-bond donors (Lipinski definition) is 0. The number of carboxylic acids is 1. The van der Waals surface area contributed by atoms with E-state index in [-0.39, 0.29) is 32.2 Å². The first kappa shape index (κ1) is 79.7. The molecule has 0 aromatic carbocycles. The highest BCUT2D eigenvalue weighted by Crippen LogP contribution is 2.18. The number of aliphatic carboxylic acids is 1. The zero-order valence-corrected chi connectivity index (χ0v) is 55.1. The van der Waals surface area contributed by atoms with Crippen LogP contribution in [0.3, 0.4) is 0 Å². The van der Waals surface area contributed by atoms with Crippen molar-refractivity contribution in [1.29, 1.82) is 0 Å². The van der Waals surface area contributed by atoms with Gasteiger partial charge in [-0.15, -0.1) is 0 Å². The van der Waals surface area contributed by atoms with Gasteiger partial charge < -0.3 is 33.3 Å². The van der Waals surface area contributed by atoms with Crippen LogP contribution in [0, 0.1) is 0 Å². The summed E-state index contributed by atoms with van der Waals surface area (Å²) >= 11 is 0. The molecule has 0 heterocycles. The van der Waals surface area contributed by atoms with Crippen LogP contribution in [0.25, 0.3) is 0 Å². The van der Waals surface area contributed by atoms with Gasteiger partial charge in [0.15, 0.2) is 12.4 Å². The number of rotatable bonds is 65. The third-order valence-electron chi connectivity index (χ3n) is 15.5. The average molecular weight is 1160 g/mol. The summed E-state index contributed by atoms with van der Waals surface area (Å²) in [5, 5.41) is 11.8. The van der Waals surface area contributed by atoms with E-state index >= 15 is 0 Å². The first-order valence-corrected chi connectivity index (χ1v) is 35.1. The van der Waals surface area contributed by atoms with Gasteiger partial charge in [0.1, 0.15) is 13.2 Å². The van der Waals surface area contributed by atoms with E-state index in [4.69, 9.17) is 18.9 Å². The molecule has 83 heavy (non-hydrogen) atoms. The van der Waals surface area contributed by atoms with Crippen molar-refractivity contribution in [3.05, 3.63) is 72.9 Å². The van der Waals surface area contributed by atoms with Crippen molar-refractivity contribution < 1.29 is 42.9 Å². The zero-order chi connectivity index (χ0) is 60.5. The Morgan fingerprint density at radius 2 is 0.687 bits per heavy atom. The second-order valence-electron chi connectivity index (χ2n) is 24.8. The lowest BCUT2D eigenvalue weighted by atomic mass is 10.0. The number of allylic oxidation sites excluding steroid dienone is 12. The van der Waals surface area contributed by atoms with Crippen LogP contribution in [0.15, 0.2) is 72.9 Å². The standard InChI is InChI=1S/C74H133NO8/c1-6-8-10-12-14-16-18-20-22-24-26-28-30-32-34-35-36-37-39-41-43-45-47-49-51-53-55-57-59-61-63-65-72(77)83-70(69-82-74(73(78)79)80-67-66-75(3,4)5)68-81-71(76)64-62-60-58-56-54-52-50-48-46-44-42-40-38-33-31-29-27-25-23-21-19-17-15-13-11-9-7-2/h8,10,14,16,20,22,26,28,32,34,36-37,70,74H,6-7,9,11-13,15,17-19,21,23-25,27,29-31,33,35,38-69H2,1-5H3/b10-8-,16-14-,22-20-,28-26-,34-32-,37-36-. The maximum absolute atomic E-state index is 12.9. The van der Waals surface area contributed by atoms with Crippen molar-refractivity contribution >= 4 is 17.9 Å². The topological polar surface area (TPSA) is 111 Å². The van der Waals surface area contributed by atoms with Crippen LogP contribution in [0.4, 0.5) is 0 Å². The lowest BCUT2D eigenvalue weighted by Gasteiger charge is -2.26. The maximum atomic E-state index is 12.9. The molecule has 482 valence electrons. The van der Waals surface area contributed by atoms with Gasteiger partial charge in [0.05, 0.1) is 40.3 Å². The Kier molecular flexibility index (Phi) is 62.2. The Hall–Kier alpha value is -3.27. The molecule has 0 aliphatic heterocycles. The largest absolute Gasteiger partial charge is 0.545 e. The van der Waals surface area contributed by atoms with Gasteiger partial charge in [0.2, 0.25) is 0 Å². The highest BCUT2D eigenvalue weighted by atomic mass is 16.7. The van der Waals surface area contributed by atoms with E-state index in [9.17, 15) is 19.5 Å². The first-order chi connectivity index (χ1) is 40.6. The van der Waals surface area contributed by atoms with Gasteiger partial charge in [0.25, 0.3) is 0 Å². The van der Waals surface area contributed by atoms with Gasteiger partial charge in [-0.2, -0.15) is 0 Å². The first-order valence-electron chi connectivity index (χ1n) is 35.1. The van der Waals surface area contributed by atoms with Crippen molar-refractivity contribution in [2.75, 3.05) is 47.5 Å². The number of esters is 2. The number of carbonyl (C=O) groups excluding carboxylic acids is 3. The number of carbonyl (C=O) groups is 3. The van der Waals surface area contributed by atoms with Crippen LogP contribution in [-0.2, 0) is 33.3 Å². The molecule has 0 radical (unpaired) electrons. The van der Waals surface area contributed by atoms with Gasteiger partial charge in [-0.25, -0.2) is 0 Å². The molecule has 0 saturated heterocycles. The van der Waals surface area contributed by atoms with Crippen LogP contribution in [0.5, 0.6) is 0 Å². The van der Waals surface area contributed by atoms with Crippen LogP contribution < -0.4 is 5.11 Å². The summed E-state index contributed by atoms with van der Waals surface area (Å²) in [4.78, 5) is 37.5. The van der Waals surface area contributed by atoms with E-state index in [1.165, 1.54) is 212 Å². The quantitative estimate of drug-likeness (QED) is 0.0195. The van der Waals surface area contributed by atoms with Crippen molar-refractivity contribution in [1.82, 2.24) is 0 Å². The zero-order valence-electron chi connectivity index (χ0n) is 55.1. The highest BCUT2D eigenvalue weighted by molar-refractivity contribution is 5.70. The Labute approximate surface area is 513 Å².